The van der Waals surface area contributed by atoms with Crippen LogP contribution in [0.1, 0.15) is 41.0 Å². The zero-order valence-corrected chi connectivity index (χ0v) is 18.7. The molecule has 0 radical (unpaired) electrons. The number of hydrogen-bond acceptors (Lipinski definition) is 4. The second kappa shape index (κ2) is 8.63. The van der Waals surface area contributed by atoms with Gasteiger partial charge in [0.1, 0.15) is 0 Å². The van der Waals surface area contributed by atoms with Gasteiger partial charge in [0, 0.05) is 19.8 Å². The van der Waals surface area contributed by atoms with Crippen LogP contribution in [-0.2, 0) is 15.4 Å². The number of nitrogens with two attached hydrogens (primary N) is 1. The first-order valence-electron chi connectivity index (χ1n) is 9.36. The van der Waals surface area contributed by atoms with E-state index in [4.69, 9.17) is 5.14 Å². The minimum atomic E-state index is -3.85. The Kier molecular flexibility index (Phi) is 6.36. The van der Waals surface area contributed by atoms with Gasteiger partial charge < -0.3 is 5.32 Å². The Morgan fingerprint density at radius 1 is 0.967 bits per heavy atom. The van der Waals surface area contributed by atoms with Crippen LogP contribution in [0.25, 0.3) is 0 Å². The van der Waals surface area contributed by atoms with Crippen molar-refractivity contribution in [1.82, 2.24) is 0 Å². The van der Waals surface area contributed by atoms with Gasteiger partial charge in [-0.25, -0.2) is 13.6 Å². The van der Waals surface area contributed by atoms with E-state index >= 15 is 0 Å². The Morgan fingerprint density at radius 2 is 1.67 bits per heavy atom. The molecule has 0 aromatic heterocycles. The summed E-state index contributed by atoms with van der Waals surface area (Å²) in [7, 11) is -3.85. The van der Waals surface area contributed by atoms with E-state index < -0.39 is 10.0 Å². The zero-order chi connectivity index (χ0) is 21.9. The highest BCUT2D eigenvalue weighted by Gasteiger charge is 2.19. The summed E-state index contributed by atoms with van der Waals surface area (Å²) in [4.78, 5) is 14.8. The molecule has 0 heterocycles. The summed E-state index contributed by atoms with van der Waals surface area (Å²) in [6.45, 7) is 6.37. The molecule has 0 fully saturated rings. The fourth-order valence-electron chi connectivity index (χ4n) is 2.83. The van der Waals surface area contributed by atoms with Crippen molar-refractivity contribution in [2.75, 3.05) is 5.32 Å². The van der Waals surface area contributed by atoms with Crippen molar-refractivity contribution < 1.29 is 17.5 Å². The number of benzene rings is 3. The van der Waals surface area contributed by atoms with E-state index in [1.54, 1.807) is 6.07 Å². The highest BCUT2D eigenvalue weighted by atomic mass is 32.2. The van der Waals surface area contributed by atoms with Crippen LogP contribution in [0.5, 0.6) is 0 Å². The van der Waals surface area contributed by atoms with Crippen LogP contribution >= 0.6 is 11.8 Å². The molecule has 162 valence electrons. The highest BCUT2D eigenvalue weighted by molar-refractivity contribution is 7.99. The van der Waals surface area contributed by atoms with Gasteiger partial charge in [-0.1, -0.05) is 62.9 Å². The van der Waals surface area contributed by atoms with Crippen molar-refractivity contribution in [3.63, 3.8) is 0 Å². The molecule has 0 bridgehead atoms. The number of amides is 1. The van der Waals surface area contributed by atoms with Crippen molar-refractivity contribution >= 4 is 33.4 Å². The summed E-state index contributed by atoms with van der Waals surface area (Å²) in [5.41, 5.74) is 1.93. The smallest absolute Gasteiger partial charge is 0.256 e. The average Bonchev–Trinajstić information content (AvgIpc) is 2.67. The zero-order valence-electron chi connectivity index (χ0n) is 17.0. The van der Waals surface area contributed by atoms with Gasteiger partial charge in [0.05, 0.1) is 10.5 Å². The normalized spacial score (nSPS) is 11.9. The quantitative estimate of drug-likeness (QED) is 0.520. The minimum Gasteiger partial charge on any atom is -0.322 e. The Bertz CT molecular complexity index is 1180. The van der Waals surface area contributed by atoms with Gasteiger partial charge in [-0.3, -0.25) is 4.79 Å². The number of sulfonamides is 1. The molecular formula is C23H30N2O3S2. The second-order valence-corrected chi connectivity index (χ2v) is 10.6. The molecule has 0 aliphatic rings. The molecule has 3 aromatic rings. The van der Waals surface area contributed by atoms with Crippen LogP contribution < -0.4 is 10.5 Å². The second-order valence-electron chi connectivity index (χ2n) is 7.90. The monoisotopic (exact) mass is 446 g/mol. The summed E-state index contributed by atoms with van der Waals surface area (Å²) in [6, 6.07) is 21.5. The molecule has 1 amide bonds. The summed E-state index contributed by atoms with van der Waals surface area (Å²) in [5.74, 6) is -0.319. The molecule has 3 rings (SSSR count). The lowest BCUT2D eigenvalue weighted by Crippen LogP contribution is -2.17. The molecule has 7 heteroatoms. The van der Waals surface area contributed by atoms with Gasteiger partial charge >= 0.3 is 0 Å². The molecule has 5 nitrogen and oxygen atoms in total. The first-order chi connectivity index (χ1) is 14.0. The van der Waals surface area contributed by atoms with E-state index in [1.807, 2.05) is 48.5 Å². The molecule has 0 aliphatic carbocycles. The van der Waals surface area contributed by atoms with Crippen molar-refractivity contribution in [1.29, 1.82) is 0 Å². The molecule has 0 saturated carbocycles. The third-order valence-corrected chi connectivity index (χ3v) is 6.46. The van der Waals surface area contributed by atoms with Crippen LogP contribution in [0.4, 0.5) is 5.69 Å². The van der Waals surface area contributed by atoms with Crippen molar-refractivity contribution in [3.8, 4) is 0 Å². The van der Waals surface area contributed by atoms with Crippen molar-refractivity contribution in [3.05, 3.63) is 83.9 Å². The van der Waals surface area contributed by atoms with Gasteiger partial charge in [0.2, 0.25) is 10.0 Å². The summed E-state index contributed by atoms with van der Waals surface area (Å²) in [5, 5.41) is 7.97. The lowest BCUT2D eigenvalue weighted by Gasteiger charge is -2.21. The number of primary sulfonamides is 1. The van der Waals surface area contributed by atoms with Crippen LogP contribution in [-0.4, -0.2) is 14.3 Å². The predicted molar refractivity (Wildman–Crippen MR) is 128 cm³/mol. The summed E-state index contributed by atoms with van der Waals surface area (Å²) >= 11 is 1.51. The summed E-state index contributed by atoms with van der Waals surface area (Å²) in [6.07, 6.45) is 0. The average molecular weight is 447 g/mol. The highest BCUT2D eigenvalue weighted by Crippen LogP contribution is 2.34. The van der Waals surface area contributed by atoms with Gasteiger partial charge in [-0.2, -0.15) is 0 Å². The standard InChI is InChI=1S/C23H24N2O3S2.3H2/c1-23(2,3)16-12-13-20(21(14-16)29-18-9-5-4-6-10-18)22(26)25-17-8-7-11-19(15-17)30(24,27)28;;;/h4-15H,1-3H3,(H,25,26)(H2,24,27,28);3*1H. The molecule has 0 atom stereocenters. The minimum absolute atomic E-state index is 0. The Labute approximate surface area is 186 Å². The third-order valence-electron chi connectivity index (χ3n) is 4.48. The SMILES string of the molecule is CC(C)(C)c1ccc(C(=O)Nc2cccc(S(N)(=O)=O)c2)c(Sc2ccccc2)c1.[HH].[HH].[HH]. The van der Waals surface area contributed by atoms with Crippen LogP contribution in [0, 0.1) is 0 Å². The molecule has 3 aromatic carbocycles. The van der Waals surface area contributed by atoms with Crippen molar-refractivity contribution in [2.45, 2.75) is 40.9 Å². The molecular weight excluding hydrogens is 416 g/mol. The molecule has 3 N–H and O–H groups in total. The fourth-order valence-corrected chi connectivity index (χ4v) is 4.39. The Morgan fingerprint density at radius 3 is 2.30 bits per heavy atom. The van der Waals surface area contributed by atoms with E-state index in [2.05, 4.69) is 26.1 Å². The van der Waals surface area contributed by atoms with E-state index in [-0.39, 0.29) is 20.5 Å². The lowest BCUT2D eigenvalue weighted by molar-refractivity contribution is 0.102. The van der Waals surface area contributed by atoms with Gasteiger partial charge in [-0.05, 0) is 53.4 Å². The lowest BCUT2D eigenvalue weighted by atomic mass is 9.86. The maximum atomic E-state index is 13.0. The number of nitrogens with one attached hydrogen (secondary N) is 1. The number of carbonyl (C=O) groups excluding carboxylic acids is 1. The van der Waals surface area contributed by atoms with E-state index in [1.165, 1.54) is 30.0 Å². The van der Waals surface area contributed by atoms with Crippen LogP contribution in [0.2, 0.25) is 0 Å². The van der Waals surface area contributed by atoms with Gasteiger partial charge in [0.25, 0.3) is 5.91 Å². The third kappa shape index (κ3) is 5.50. The van der Waals surface area contributed by atoms with Gasteiger partial charge in [0.15, 0.2) is 0 Å². The topological polar surface area (TPSA) is 89.3 Å². The molecule has 0 saturated heterocycles. The summed E-state index contributed by atoms with van der Waals surface area (Å²) < 4.78 is 23.2. The Balaban J connectivity index is 0.00000341. The number of hydrogen-bond donors (Lipinski definition) is 2. The maximum absolute atomic E-state index is 13.0. The van der Waals surface area contributed by atoms with Gasteiger partial charge in [-0.15, -0.1) is 0 Å². The number of carbonyl (C=O) groups is 1. The fraction of sp³-hybridized carbons (Fsp3) is 0.174. The first-order valence-corrected chi connectivity index (χ1v) is 11.7. The number of anilines is 1. The first kappa shape index (κ1) is 22.1. The molecule has 0 aliphatic heterocycles. The van der Waals surface area contributed by atoms with E-state index in [0.29, 0.717) is 11.3 Å². The van der Waals surface area contributed by atoms with Crippen LogP contribution in [0.3, 0.4) is 0 Å². The molecule has 0 spiro atoms. The number of rotatable bonds is 5. The largest absolute Gasteiger partial charge is 0.322 e. The molecule has 0 unspecified atom stereocenters. The predicted octanol–water partition coefficient (Wildman–Crippen LogP) is 5.77. The molecule has 30 heavy (non-hydrogen) atoms. The maximum Gasteiger partial charge on any atom is 0.256 e. The van der Waals surface area contributed by atoms with Crippen LogP contribution in [0.15, 0.2) is 87.5 Å². The van der Waals surface area contributed by atoms with E-state index in [0.717, 1.165) is 15.4 Å². The van der Waals surface area contributed by atoms with Crippen molar-refractivity contribution in [2.24, 2.45) is 5.14 Å². The Hall–Kier alpha value is -2.61. The van der Waals surface area contributed by atoms with E-state index in [9.17, 15) is 13.2 Å².